The molecule has 0 unspecified atom stereocenters. The molecule has 0 aromatic heterocycles. The first-order valence-electron chi connectivity index (χ1n) is 8.36. The predicted molar refractivity (Wildman–Crippen MR) is 97.0 cm³/mol. The molecule has 2 atom stereocenters. The third kappa shape index (κ3) is 4.59. The first-order valence-corrected chi connectivity index (χ1v) is 8.36. The molecule has 2 aromatic rings. The average molecular weight is 327 g/mol. The lowest BCUT2D eigenvalue weighted by molar-refractivity contribution is -0.718. The Morgan fingerprint density at radius 2 is 1.62 bits per heavy atom. The molecule has 4 heteroatoms. The highest BCUT2D eigenvalue weighted by molar-refractivity contribution is 5.94. The van der Waals surface area contributed by atoms with Gasteiger partial charge in [-0.3, -0.25) is 4.79 Å². The van der Waals surface area contributed by atoms with Gasteiger partial charge in [-0.15, -0.1) is 0 Å². The second-order valence-corrected chi connectivity index (χ2v) is 6.35. The fraction of sp³-hybridized carbons (Fsp3) is 0.350. The third-order valence-corrected chi connectivity index (χ3v) is 4.18. The molecule has 0 saturated carbocycles. The van der Waals surface area contributed by atoms with Gasteiger partial charge in [-0.05, 0) is 19.1 Å². The summed E-state index contributed by atoms with van der Waals surface area (Å²) in [6.45, 7) is 6.29. The molecule has 2 aromatic carbocycles. The van der Waals surface area contributed by atoms with Crippen molar-refractivity contribution in [1.29, 1.82) is 0 Å². The van der Waals surface area contributed by atoms with Crippen molar-refractivity contribution in [1.82, 2.24) is 0 Å². The average Bonchev–Trinajstić information content (AvgIpc) is 2.60. The molecule has 0 aliphatic rings. The molecule has 0 heterocycles. The van der Waals surface area contributed by atoms with E-state index in [1.165, 1.54) is 5.56 Å². The van der Waals surface area contributed by atoms with E-state index in [4.69, 9.17) is 4.74 Å². The third-order valence-electron chi connectivity index (χ3n) is 4.18. The number of amides is 1. The van der Waals surface area contributed by atoms with E-state index < -0.39 is 0 Å². The Bertz CT molecular complexity index is 656. The van der Waals surface area contributed by atoms with E-state index in [1.807, 2.05) is 49.4 Å². The van der Waals surface area contributed by atoms with E-state index in [0.717, 1.165) is 0 Å². The van der Waals surface area contributed by atoms with Crippen LogP contribution in [0.15, 0.2) is 54.6 Å². The molecule has 3 N–H and O–H groups in total. The van der Waals surface area contributed by atoms with Gasteiger partial charge in [-0.25, -0.2) is 0 Å². The van der Waals surface area contributed by atoms with Crippen LogP contribution >= 0.6 is 0 Å². The minimum Gasteiger partial charge on any atom is -0.495 e. The molecule has 4 nitrogen and oxygen atoms in total. The van der Waals surface area contributed by atoms with Gasteiger partial charge in [-0.2, -0.15) is 0 Å². The lowest BCUT2D eigenvalue weighted by Gasteiger charge is -2.23. The number of nitrogens with two attached hydrogens (primary N) is 1. The Morgan fingerprint density at radius 1 is 1.00 bits per heavy atom. The largest absolute Gasteiger partial charge is 0.495 e. The normalized spacial score (nSPS) is 13.4. The Hall–Kier alpha value is -2.33. The summed E-state index contributed by atoms with van der Waals surface area (Å²) < 4.78 is 5.29. The van der Waals surface area contributed by atoms with Crippen molar-refractivity contribution >= 4 is 11.6 Å². The predicted octanol–water partition coefficient (Wildman–Crippen LogP) is 2.98. The van der Waals surface area contributed by atoms with E-state index in [2.05, 4.69) is 36.6 Å². The number of ether oxygens (including phenoxy) is 1. The van der Waals surface area contributed by atoms with Crippen LogP contribution in [0, 0.1) is 5.92 Å². The minimum atomic E-state index is -0.206. The highest BCUT2D eigenvalue weighted by atomic mass is 16.5. The molecule has 0 saturated heterocycles. The molecule has 0 spiro atoms. The molecule has 0 fully saturated rings. The second-order valence-electron chi connectivity index (χ2n) is 6.35. The minimum absolute atomic E-state index is 0.0268. The Balaban J connectivity index is 2.07. The molecule has 1 amide bonds. The Kier molecular flexibility index (Phi) is 6.38. The van der Waals surface area contributed by atoms with E-state index in [9.17, 15) is 4.79 Å². The van der Waals surface area contributed by atoms with Gasteiger partial charge in [0.2, 0.25) is 0 Å². The van der Waals surface area contributed by atoms with Gasteiger partial charge in [0, 0.05) is 11.5 Å². The van der Waals surface area contributed by atoms with Crippen LogP contribution in [0.25, 0.3) is 0 Å². The summed E-state index contributed by atoms with van der Waals surface area (Å²) in [6, 6.07) is 17.8. The van der Waals surface area contributed by atoms with Crippen molar-refractivity contribution in [3.8, 4) is 5.75 Å². The molecule has 0 radical (unpaired) electrons. The van der Waals surface area contributed by atoms with Crippen LogP contribution in [0.3, 0.4) is 0 Å². The van der Waals surface area contributed by atoms with Crippen molar-refractivity contribution < 1.29 is 14.8 Å². The zero-order valence-electron chi connectivity index (χ0n) is 14.8. The summed E-state index contributed by atoms with van der Waals surface area (Å²) in [5.74, 6) is 1.07. The highest BCUT2D eigenvalue weighted by Crippen LogP contribution is 2.23. The van der Waals surface area contributed by atoms with Gasteiger partial charge < -0.3 is 15.4 Å². The van der Waals surface area contributed by atoms with Crippen molar-refractivity contribution in [3.63, 3.8) is 0 Å². The molecular formula is C20H27N2O2+. The van der Waals surface area contributed by atoms with Gasteiger partial charge in [-0.1, -0.05) is 56.3 Å². The van der Waals surface area contributed by atoms with Crippen LogP contribution in [-0.4, -0.2) is 19.1 Å². The first-order chi connectivity index (χ1) is 11.5. The van der Waals surface area contributed by atoms with Crippen molar-refractivity contribution in [2.24, 2.45) is 5.92 Å². The smallest absolute Gasteiger partial charge is 0.282 e. The Labute approximate surface area is 144 Å². The molecule has 0 bridgehead atoms. The lowest BCUT2D eigenvalue weighted by Crippen LogP contribution is -2.93. The highest BCUT2D eigenvalue weighted by Gasteiger charge is 2.26. The summed E-state index contributed by atoms with van der Waals surface area (Å²) in [5.41, 5.74) is 1.94. The van der Waals surface area contributed by atoms with Crippen LogP contribution in [0.1, 0.15) is 32.4 Å². The number of quaternary nitrogens is 1. The standard InChI is InChI=1S/C20H26N2O2/c1-14(2)19(16-10-6-5-7-11-16)21-15(3)20(23)22-17-12-8-9-13-18(17)24-4/h5-15,19,21H,1-4H3,(H,22,23)/p+1/t15-,19-/m1/s1. The fourth-order valence-electron chi connectivity index (χ4n) is 2.79. The molecule has 2 rings (SSSR count). The lowest BCUT2D eigenvalue weighted by atomic mass is 9.95. The van der Waals surface area contributed by atoms with E-state index in [-0.39, 0.29) is 18.0 Å². The van der Waals surface area contributed by atoms with E-state index in [1.54, 1.807) is 7.11 Å². The second kappa shape index (κ2) is 8.50. The fourth-order valence-corrected chi connectivity index (χ4v) is 2.79. The number of rotatable bonds is 7. The summed E-state index contributed by atoms with van der Waals surface area (Å²) in [6.07, 6.45) is 0. The van der Waals surface area contributed by atoms with Gasteiger partial charge in [0.25, 0.3) is 5.91 Å². The number of hydrogen-bond acceptors (Lipinski definition) is 2. The first kappa shape index (κ1) is 18.0. The van der Waals surface area contributed by atoms with Crippen LogP contribution < -0.4 is 15.4 Å². The number of anilines is 1. The number of benzene rings is 2. The van der Waals surface area contributed by atoms with Gasteiger partial charge in [0.1, 0.15) is 11.8 Å². The maximum Gasteiger partial charge on any atom is 0.282 e. The van der Waals surface area contributed by atoms with Gasteiger partial charge in [0.15, 0.2) is 6.04 Å². The quantitative estimate of drug-likeness (QED) is 0.821. The summed E-state index contributed by atoms with van der Waals surface area (Å²) in [5, 5.41) is 5.09. The zero-order valence-corrected chi connectivity index (χ0v) is 14.8. The number of carbonyl (C=O) groups is 1. The van der Waals surface area contributed by atoms with Crippen LogP contribution in [0.5, 0.6) is 5.75 Å². The SMILES string of the molecule is COc1ccccc1NC(=O)[C@@H](C)[NH2+][C@@H](c1ccccc1)C(C)C. The van der Waals surface area contributed by atoms with Crippen molar-refractivity contribution in [2.45, 2.75) is 32.9 Å². The summed E-state index contributed by atoms with van der Waals surface area (Å²) in [4.78, 5) is 12.6. The number of methoxy groups -OCH3 is 1. The molecule has 128 valence electrons. The number of para-hydroxylation sites is 2. The van der Waals surface area contributed by atoms with Crippen LogP contribution in [0.2, 0.25) is 0 Å². The van der Waals surface area contributed by atoms with E-state index >= 15 is 0 Å². The number of hydrogen-bond donors (Lipinski definition) is 2. The molecule has 0 aliphatic carbocycles. The molecule has 0 aliphatic heterocycles. The Morgan fingerprint density at radius 3 is 2.25 bits per heavy atom. The maximum atomic E-state index is 12.6. The summed E-state index contributed by atoms with van der Waals surface area (Å²) >= 11 is 0. The van der Waals surface area contributed by atoms with Crippen molar-refractivity contribution in [2.75, 3.05) is 12.4 Å². The van der Waals surface area contributed by atoms with Crippen LogP contribution in [0.4, 0.5) is 5.69 Å². The summed E-state index contributed by atoms with van der Waals surface area (Å²) in [7, 11) is 1.60. The topological polar surface area (TPSA) is 54.9 Å². The van der Waals surface area contributed by atoms with Gasteiger partial charge >= 0.3 is 0 Å². The monoisotopic (exact) mass is 327 g/mol. The van der Waals surface area contributed by atoms with E-state index in [0.29, 0.717) is 17.4 Å². The zero-order chi connectivity index (χ0) is 17.5. The maximum absolute atomic E-state index is 12.6. The van der Waals surface area contributed by atoms with Gasteiger partial charge in [0.05, 0.1) is 12.8 Å². The number of nitrogens with one attached hydrogen (secondary N) is 1. The number of carbonyl (C=O) groups excluding carboxylic acids is 1. The molecular weight excluding hydrogens is 300 g/mol. The van der Waals surface area contributed by atoms with Crippen LogP contribution in [-0.2, 0) is 4.79 Å². The van der Waals surface area contributed by atoms with Crippen molar-refractivity contribution in [3.05, 3.63) is 60.2 Å². The molecule has 24 heavy (non-hydrogen) atoms.